The van der Waals surface area contributed by atoms with Crippen molar-refractivity contribution in [2.75, 3.05) is 6.61 Å². The molecule has 0 aliphatic rings. The molecule has 120 valence electrons. The fourth-order valence-corrected chi connectivity index (χ4v) is 8.85. The first-order valence-corrected chi connectivity index (χ1v) is 10.3. The summed E-state index contributed by atoms with van der Waals surface area (Å²) in [7, 11) is -1.84. The first-order valence-electron chi connectivity index (χ1n) is 8.19. The minimum absolute atomic E-state index is 0.409. The SMILES string of the molecule is C=C(CO[Si](C(C)C)(C(C)C)C(C)C)C(O)CCCC. The lowest BCUT2D eigenvalue weighted by Crippen LogP contribution is -2.48. The van der Waals surface area contributed by atoms with Crippen LogP contribution in [0.15, 0.2) is 12.2 Å². The summed E-state index contributed by atoms with van der Waals surface area (Å²) < 4.78 is 6.46. The van der Waals surface area contributed by atoms with Gasteiger partial charge in [0.2, 0.25) is 8.32 Å². The summed E-state index contributed by atoms with van der Waals surface area (Å²) in [5, 5.41) is 10.1. The molecule has 0 heterocycles. The highest BCUT2D eigenvalue weighted by molar-refractivity contribution is 6.77. The molecular weight excluding hydrogens is 264 g/mol. The molecule has 20 heavy (non-hydrogen) atoms. The van der Waals surface area contributed by atoms with Crippen LogP contribution in [0.2, 0.25) is 16.6 Å². The number of aliphatic hydroxyl groups is 1. The van der Waals surface area contributed by atoms with Crippen molar-refractivity contribution >= 4 is 8.32 Å². The molecule has 0 aromatic heterocycles. The van der Waals surface area contributed by atoms with Crippen molar-refractivity contribution in [2.45, 2.75) is 90.5 Å². The van der Waals surface area contributed by atoms with Crippen LogP contribution < -0.4 is 0 Å². The second-order valence-electron chi connectivity index (χ2n) is 6.92. The third-order valence-electron chi connectivity index (χ3n) is 4.52. The minimum atomic E-state index is -1.84. The van der Waals surface area contributed by atoms with Gasteiger partial charge < -0.3 is 9.53 Å². The van der Waals surface area contributed by atoms with Gasteiger partial charge >= 0.3 is 0 Å². The van der Waals surface area contributed by atoms with Crippen LogP contribution in [-0.4, -0.2) is 26.1 Å². The van der Waals surface area contributed by atoms with E-state index in [9.17, 15) is 5.11 Å². The molecule has 0 rings (SSSR count). The summed E-state index contributed by atoms with van der Waals surface area (Å²) in [6.07, 6.45) is 2.54. The van der Waals surface area contributed by atoms with Gasteiger partial charge in [0, 0.05) is 0 Å². The summed E-state index contributed by atoms with van der Waals surface area (Å²) in [4.78, 5) is 0. The fraction of sp³-hybridized carbons (Fsp3) is 0.882. The lowest BCUT2D eigenvalue weighted by atomic mass is 10.1. The third kappa shape index (κ3) is 5.01. The first kappa shape index (κ1) is 19.9. The molecule has 0 spiro atoms. The van der Waals surface area contributed by atoms with Crippen molar-refractivity contribution in [1.82, 2.24) is 0 Å². The zero-order chi connectivity index (χ0) is 15.9. The van der Waals surface area contributed by atoms with E-state index in [1.807, 2.05) is 0 Å². The lowest BCUT2D eigenvalue weighted by molar-refractivity contribution is 0.176. The molecule has 1 N–H and O–H groups in total. The number of hydrogen-bond acceptors (Lipinski definition) is 2. The van der Waals surface area contributed by atoms with Crippen molar-refractivity contribution in [3.05, 3.63) is 12.2 Å². The second kappa shape index (κ2) is 9.01. The Balaban J connectivity index is 4.74. The Morgan fingerprint density at radius 2 is 1.50 bits per heavy atom. The Bertz CT molecular complexity index is 263. The molecule has 1 atom stereocenters. The number of rotatable bonds is 10. The van der Waals surface area contributed by atoms with Crippen LogP contribution in [0.1, 0.15) is 67.7 Å². The van der Waals surface area contributed by atoms with Crippen LogP contribution in [0.4, 0.5) is 0 Å². The molecule has 0 fully saturated rings. The van der Waals surface area contributed by atoms with Gasteiger partial charge in [-0.15, -0.1) is 0 Å². The molecule has 0 amide bonds. The van der Waals surface area contributed by atoms with Crippen molar-refractivity contribution in [3.8, 4) is 0 Å². The highest BCUT2D eigenvalue weighted by Gasteiger charge is 2.45. The van der Waals surface area contributed by atoms with Crippen LogP contribution in [-0.2, 0) is 4.43 Å². The predicted octanol–water partition coefficient (Wildman–Crippen LogP) is 5.29. The average molecular weight is 301 g/mol. The van der Waals surface area contributed by atoms with Gasteiger partial charge in [0.05, 0.1) is 12.7 Å². The maximum Gasteiger partial charge on any atom is 0.200 e. The summed E-state index contributed by atoms with van der Waals surface area (Å²) in [6.45, 7) is 20.4. The fourth-order valence-electron chi connectivity index (χ4n) is 3.42. The number of hydrogen-bond donors (Lipinski definition) is 1. The van der Waals surface area contributed by atoms with E-state index < -0.39 is 14.4 Å². The third-order valence-corrected chi connectivity index (χ3v) is 10.6. The highest BCUT2D eigenvalue weighted by atomic mass is 28.4. The van der Waals surface area contributed by atoms with Gasteiger partial charge in [-0.3, -0.25) is 0 Å². The van der Waals surface area contributed by atoms with Crippen molar-refractivity contribution < 1.29 is 9.53 Å². The summed E-state index contributed by atoms with van der Waals surface area (Å²) in [6, 6.07) is 0. The Morgan fingerprint density at radius 1 is 1.05 bits per heavy atom. The molecule has 0 saturated heterocycles. The molecule has 1 unspecified atom stereocenters. The summed E-state index contributed by atoms with van der Waals surface area (Å²) in [5.74, 6) is 0. The maximum atomic E-state index is 10.1. The molecule has 0 radical (unpaired) electrons. The van der Waals surface area contributed by atoms with Gasteiger partial charge in [0.25, 0.3) is 0 Å². The zero-order valence-electron chi connectivity index (χ0n) is 14.7. The lowest BCUT2D eigenvalue weighted by Gasteiger charge is -2.42. The van der Waals surface area contributed by atoms with E-state index in [0.29, 0.717) is 23.2 Å². The topological polar surface area (TPSA) is 29.5 Å². The van der Waals surface area contributed by atoms with E-state index >= 15 is 0 Å². The van der Waals surface area contributed by atoms with E-state index in [0.717, 1.165) is 24.8 Å². The van der Waals surface area contributed by atoms with Gasteiger partial charge in [-0.05, 0) is 28.6 Å². The average Bonchev–Trinajstić information content (AvgIpc) is 2.34. The van der Waals surface area contributed by atoms with Crippen molar-refractivity contribution in [3.63, 3.8) is 0 Å². The molecule has 0 aromatic carbocycles. The van der Waals surface area contributed by atoms with Crippen molar-refractivity contribution in [2.24, 2.45) is 0 Å². The summed E-state index contributed by atoms with van der Waals surface area (Å²) in [5.41, 5.74) is 2.56. The van der Waals surface area contributed by atoms with Gasteiger partial charge in [0.15, 0.2) is 0 Å². The van der Waals surface area contributed by atoms with Crippen LogP contribution in [0.25, 0.3) is 0 Å². The van der Waals surface area contributed by atoms with Gasteiger partial charge in [-0.1, -0.05) is 67.9 Å². The maximum absolute atomic E-state index is 10.1. The van der Waals surface area contributed by atoms with E-state index in [2.05, 4.69) is 55.0 Å². The Kier molecular flexibility index (Phi) is 8.95. The first-order chi connectivity index (χ1) is 9.20. The molecule has 0 aromatic rings. The normalized spacial score (nSPS) is 14.3. The summed E-state index contributed by atoms with van der Waals surface area (Å²) >= 11 is 0. The van der Waals surface area contributed by atoms with E-state index in [1.54, 1.807) is 0 Å². The van der Waals surface area contributed by atoms with E-state index in [1.165, 1.54) is 0 Å². The molecule has 0 saturated carbocycles. The molecule has 2 nitrogen and oxygen atoms in total. The van der Waals surface area contributed by atoms with Gasteiger partial charge in [0.1, 0.15) is 0 Å². The minimum Gasteiger partial charge on any atom is -0.412 e. The standard InChI is InChI=1S/C17H36O2Si/c1-9-10-11-17(18)16(8)12-19-20(13(2)3,14(4)5)15(6)7/h13-15,17-18H,8-12H2,1-7H3. The molecule has 3 heteroatoms. The smallest absolute Gasteiger partial charge is 0.200 e. The number of aliphatic hydroxyl groups excluding tert-OH is 1. The Morgan fingerprint density at radius 3 is 1.85 bits per heavy atom. The van der Waals surface area contributed by atoms with Crippen LogP contribution in [0.3, 0.4) is 0 Å². The molecule has 0 aliphatic carbocycles. The van der Waals surface area contributed by atoms with Gasteiger partial charge in [-0.25, -0.2) is 0 Å². The number of unbranched alkanes of at least 4 members (excludes halogenated alkanes) is 1. The van der Waals surface area contributed by atoms with Crippen molar-refractivity contribution in [1.29, 1.82) is 0 Å². The quantitative estimate of drug-likeness (QED) is 0.439. The van der Waals surface area contributed by atoms with Crippen LogP contribution >= 0.6 is 0 Å². The van der Waals surface area contributed by atoms with Crippen LogP contribution in [0, 0.1) is 0 Å². The molecule has 0 bridgehead atoms. The second-order valence-corrected chi connectivity index (χ2v) is 12.4. The van der Waals surface area contributed by atoms with E-state index in [-0.39, 0.29) is 0 Å². The monoisotopic (exact) mass is 300 g/mol. The predicted molar refractivity (Wildman–Crippen MR) is 91.7 cm³/mol. The molecular formula is C17H36O2Si. The zero-order valence-corrected chi connectivity index (χ0v) is 15.7. The van der Waals surface area contributed by atoms with Crippen LogP contribution in [0.5, 0.6) is 0 Å². The van der Waals surface area contributed by atoms with Gasteiger partial charge in [-0.2, -0.15) is 0 Å². The Labute approximate surface area is 127 Å². The highest BCUT2D eigenvalue weighted by Crippen LogP contribution is 2.42. The largest absolute Gasteiger partial charge is 0.412 e. The van der Waals surface area contributed by atoms with E-state index in [4.69, 9.17) is 4.43 Å². The Hall–Kier alpha value is -0.123. The molecule has 0 aliphatic heterocycles.